The Morgan fingerprint density at radius 2 is 1.84 bits per heavy atom. The van der Waals surface area contributed by atoms with Crippen molar-refractivity contribution in [2.75, 3.05) is 33.4 Å². The fourth-order valence-corrected chi connectivity index (χ4v) is 4.53. The zero-order valence-electron chi connectivity index (χ0n) is 18.8. The summed E-state index contributed by atoms with van der Waals surface area (Å²) in [6.45, 7) is 7.87. The Morgan fingerprint density at radius 3 is 2.53 bits per heavy atom. The van der Waals surface area contributed by atoms with E-state index in [-0.39, 0.29) is 29.0 Å². The van der Waals surface area contributed by atoms with Gasteiger partial charge in [0.2, 0.25) is 10.0 Å². The molecular weight excluding hydrogens is 430 g/mol. The Balaban J connectivity index is 1.71. The number of amides is 1. The normalized spacial score (nSPS) is 15.0. The Bertz CT molecular complexity index is 1030. The van der Waals surface area contributed by atoms with Gasteiger partial charge < -0.3 is 14.8 Å². The van der Waals surface area contributed by atoms with Gasteiger partial charge in [-0.2, -0.15) is 0 Å². The molecular formula is C23H31N3O5S. The molecule has 0 aliphatic carbocycles. The third kappa shape index (κ3) is 6.52. The summed E-state index contributed by atoms with van der Waals surface area (Å²) >= 11 is 0. The molecule has 1 aliphatic rings. The molecule has 2 aromatic rings. The molecule has 2 aromatic carbocycles. The lowest BCUT2D eigenvalue weighted by Crippen LogP contribution is -2.35. The van der Waals surface area contributed by atoms with E-state index in [0.717, 1.165) is 44.0 Å². The number of methoxy groups -OCH3 is 1. The molecule has 0 atom stereocenters. The Kier molecular flexibility index (Phi) is 8.25. The first kappa shape index (κ1) is 24.2. The molecule has 0 spiro atoms. The van der Waals surface area contributed by atoms with E-state index in [0.29, 0.717) is 5.75 Å². The highest BCUT2D eigenvalue weighted by molar-refractivity contribution is 7.89. The molecule has 1 fully saturated rings. The highest BCUT2D eigenvalue weighted by Gasteiger charge is 2.20. The van der Waals surface area contributed by atoms with Gasteiger partial charge in [0, 0.05) is 32.2 Å². The number of nitrogens with one attached hydrogen (secondary N) is 2. The van der Waals surface area contributed by atoms with Gasteiger partial charge in [0.15, 0.2) is 0 Å². The van der Waals surface area contributed by atoms with Gasteiger partial charge in [0.25, 0.3) is 5.91 Å². The summed E-state index contributed by atoms with van der Waals surface area (Å²) in [6.07, 6.45) is 0. The second-order valence-corrected chi connectivity index (χ2v) is 9.79. The number of ether oxygens (including phenoxy) is 2. The van der Waals surface area contributed by atoms with Gasteiger partial charge in [-0.15, -0.1) is 0 Å². The number of nitrogens with zero attached hydrogens (tertiary/aromatic N) is 1. The first-order chi connectivity index (χ1) is 15.3. The standard InChI is InChI=1S/C23H31N3O5S/c1-17(2)25-23(27)21-14-20(7-8-22(21)30-3)32(28,29)24-15-18-5-4-6-19(13-18)16-26-9-11-31-12-10-26/h4-8,13-14,17,24H,9-12,15-16H2,1-3H3,(H,25,27). The lowest BCUT2D eigenvalue weighted by molar-refractivity contribution is 0.0342. The number of rotatable bonds is 9. The highest BCUT2D eigenvalue weighted by Crippen LogP contribution is 2.23. The lowest BCUT2D eigenvalue weighted by atomic mass is 10.1. The van der Waals surface area contributed by atoms with E-state index in [9.17, 15) is 13.2 Å². The van der Waals surface area contributed by atoms with E-state index in [1.807, 2.05) is 38.1 Å². The Hall–Kier alpha value is -2.46. The maximum atomic E-state index is 12.9. The number of hydrogen-bond acceptors (Lipinski definition) is 6. The molecule has 0 bridgehead atoms. The predicted octanol–water partition coefficient (Wildman–Crippen LogP) is 2.14. The Labute approximate surface area is 190 Å². The maximum absolute atomic E-state index is 12.9. The molecule has 1 heterocycles. The van der Waals surface area contributed by atoms with Crippen molar-refractivity contribution in [1.29, 1.82) is 0 Å². The van der Waals surface area contributed by atoms with E-state index in [4.69, 9.17) is 9.47 Å². The fourth-order valence-electron chi connectivity index (χ4n) is 3.49. The molecule has 3 rings (SSSR count). The van der Waals surface area contributed by atoms with Gasteiger partial charge in [0.05, 0.1) is 30.8 Å². The van der Waals surface area contributed by atoms with E-state index >= 15 is 0 Å². The monoisotopic (exact) mass is 461 g/mol. The zero-order valence-corrected chi connectivity index (χ0v) is 19.6. The summed E-state index contributed by atoms with van der Waals surface area (Å²) in [6, 6.07) is 12.0. The lowest BCUT2D eigenvalue weighted by Gasteiger charge is -2.26. The van der Waals surface area contributed by atoms with Crippen molar-refractivity contribution in [3.8, 4) is 5.75 Å². The number of carbonyl (C=O) groups excluding carboxylic acids is 1. The van der Waals surface area contributed by atoms with Gasteiger partial charge in [0.1, 0.15) is 5.75 Å². The van der Waals surface area contributed by atoms with Crippen LogP contribution in [-0.4, -0.2) is 58.7 Å². The van der Waals surface area contributed by atoms with Gasteiger partial charge in [-0.25, -0.2) is 13.1 Å². The molecule has 174 valence electrons. The quantitative estimate of drug-likeness (QED) is 0.594. The van der Waals surface area contributed by atoms with Crippen molar-refractivity contribution in [3.63, 3.8) is 0 Å². The van der Waals surface area contributed by atoms with Crippen LogP contribution in [0, 0.1) is 0 Å². The fraction of sp³-hybridized carbons (Fsp3) is 0.435. The van der Waals surface area contributed by atoms with Gasteiger partial charge >= 0.3 is 0 Å². The number of benzene rings is 2. The van der Waals surface area contributed by atoms with Crippen LogP contribution in [0.3, 0.4) is 0 Å². The van der Waals surface area contributed by atoms with Crippen LogP contribution >= 0.6 is 0 Å². The number of sulfonamides is 1. The van der Waals surface area contributed by atoms with Crippen molar-refractivity contribution < 1.29 is 22.7 Å². The molecule has 2 N–H and O–H groups in total. The number of hydrogen-bond donors (Lipinski definition) is 2. The summed E-state index contributed by atoms with van der Waals surface area (Å²) in [5, 5.41) is 2.76. The topological polar surface area (TPSA) is 97.0 Å². The van der Waals surface area contributed by atoms with E-state index in [1.165, 1.54) is 25.3 Å². The molecule has 0 unspecified atom stereocenters. The predicted molar refractivity (Wildman–Crippen MR) is 122 cm³/mol. The largest absolute Gasteiger partial charge is 0.496 e. The van der Waals surface area contributed by atoms with Crippen molar-refractivity contribution in [3.05, 3.63) is 59.2 Å². The van der Waals surface area contributed by atoms with Crippen LogP contribution in [0.4, 0.5) is 0 Å². The number of carbonyl (C=O) groups is 1. The highest BCUT2D eigenvalue weighted by atomic mass is 32.2. The molecule has 1 amide bonds. The minimum Gasteiger partial charge on any atom is -0.496 e. The van der Waals surface area contributed by atoms with Crippen molar-refractivity contribution in [2.24, 2.45) is 0 Å². The van der Waals surface area contributed by atoms with Crippen LogP contribution in [0.2, 0.25) is 0 Å². The second-order valence-electron chi connectivity index (χ2n) is 8.02. The average molecular weight is 462 g/mol. The summed E-state index contributed by atoms with van der Waals surface area (Å²) in [4.78, 5) is 14.8. The minimum absolute atomic E-state index is 0.0108. The summed E-state index contributed by atoms with van der Waals surface area (Å²) in [5.41, 5.74) is 2.17. The Morgan fingerprint density at radius 1 is 1.12 bits per heavy atom. The number of morpholine rings is 1. The summed E-state index contributed by atoms with van der Waals surface area (Å²) < 4.78 is 39.0. The first-order valence-corrected chi connectivity index (χ1v) is 12.1. The van der Waals surface area contributed by atoms with E-state index in [2.05, 4.69) is 14.9 Å². The van der Waals surface area contributed by atoms with Gasteiger partial charge in [-0.1, -0.05) is 24.3 Å². The third-order valence-corrected chi connectivity index (χ3v) is 6.51. The van der Waals surface area contributed by atoms with Crippen LogP contribution in [0.25, 0.3) is 0 Å². The smallest absolute Gasteiger partial charge is 0.255 e. The molecule has 8 nitrogen and oxygen atoms in total. The van der Waals surface area contributed by atoms with Crippen molar-refractivity contribution >= 4 is 15.9 Å². The molecule has 32 heavy (non-hydrogen) atoms. The minimum atomic E-state index is -3.82. The summed E-state index contributed by atoms with van der Waals surface area (Å²) in [7, 11) is -2.38. The molecule has 0 radical (unpaired) electrons. The van der Waals surface area contributed by atoms with Crippen LogP contribution in [0.15, 0.2) is 47.4 Å². The second kappa shape index (κ2) is 10.9. The van der Waals surface area contributed by atoms with Crippen molar-refractivity contribution in [2.45, 2.75) is 37.9 Å². The van der Waals surface area contributed by atoms with Crippen LogP contribution < -0.4 is 14.8 Å². The summed E-state index contributed by atoms with van der Waals surface area (Å²) in [5.74, 6) is -0.0670. The first-order valence-electron chi connectivity index (χ1n) is 10.6. The average Bonchev–Trinajstić information content (AvgIpc) is 2.78. The zero-order chi connectivity index (χ0) is 23.1. The van der Waals surface area contributed by atoms with Crippen LogP contribution in [0.1, 0.15) is 35.3 Å². The van der Waals surface area contributed by atoms with E-state index < -0.39 is 10.0 Å². The molecule has 0 aromatic heterocycles. The SMILES string of the molecule is COc1ccc(S(=O)(=O)NCc2cccc(CN3CCOCC3)c2)cc1C(=O)NC(C)C. The maximum Gasteiger partial charge on any atom is 0.255 e. The molecule has 9 heteroatoms. The van der Waals surface area contributed by atoms with E-state index in [1.54, 1.807) is 0 Å². The molecule has 0 saturated carbocycles. The van der Waals surface area contributed by atoms with Crippen LogP contribution in [0.5, 0.6) is 5.75 Å². The van der Waals surface area contributed by atoms with Crippen LogP contribution in [-0.2, 0) is 27.8 Å². The third-order valence-electron chi connectivity index (χ3n) is 5.11. The van der Waals surface area contributed by atoms with Gasteiger partial charge in [-0.05, 0) is 43.2 Å². The molecule has 1 saturated heterocycles. The molecule has 1 aliphatic heterocycles. The van der Waals surface area contributed by atoms with Crippen molar-refractivity contribution in [1.82, 2.24) is 14.9 Å². The van der Waals surface area contributed by atoms with Gasteiger partial charge in [-0.3, -0.25) is 9.69 Å².